The lowest BCUT2D eigenvalue weighted by atomic mass is 10.0. The lowest BCUT2D eigenvalue weighted by Crippen LogP contribution is -2.52. The van der Waals surface area contributed by atoms with Crippen LogP contribution in [0.25, 0.3) is 0 Å². The minimum absolute atomic E-state index is 0.00709. The van der Waals surface area contributed by atoms with Crippen LogP contribution in [0.15, 0.2) is 12.2 Å². The molecule has 0 spiro atoms. The molecule has 0 saturated carbocycles. The smallest absolute Gasteiger partial charge is 0.408 e. The zero-order chi connectivity index (χ0) is 42.5. The van der Waals surface area contributed by atoms with Crippen LogP contribution in [0.4, 0.5) is 0 Å². The molecule has 0 aromatic rings. The molecule has 9 nitrogen and oxygen atoms in total. The number of nitrogens with zero attached hydrogens (tertiary/aromatic N) is 2. The van der Waals surface area contributed by atoms with Crippen molar-refractivity contribution in [3.8, 4) is 12.1 Å². The first-order valence-corrected chi connectivity index (χ1v) is 27.6. The highest BCUT2D eigenvalue weighted by Gasteiger charge is 2.41. The fourth-order valence-electron chi connectivity index (χ4n) is 6.42. The lowest BCUT2D eigenvalue weighted by molar-refractivity contribution is -0.122. The quantitative estimate of drug-likeness (QED) is 0.0279. The fourth-order valence-corrected chi connectivity index (χ4v) is 8.89. The van der Waals surface area contributed by atoms with Gasteiger partial charge in [0.15, 0.2) is 8.32 Å². The number of carbonyl (C=O) groups excluding carboxylic acids is 1. The number of allylic oxidation sites excluding steroid dienone is 1. The van der Waals surface area contributed by atoms with E-state index < -0.39 is 28.3 Å². The van der Waals surface area contributed by atoms with Gasteiger partial charge in [-0.3, -0.25) is 18.4 Å². The molecule has 0 aliphatic heterocycles. The van der Waals surface area contributed by atoms with Gasteiger partial charge in [0, 0.05) is 6.42 Å². The van der Waals surface area contributed by atoms with E-state index in [1.165, 1.54) is 128 Å². The van der Waals surface area contributed by atoms with E-state index in [0.29, 0.717) is 6.42 Å². The number of carbonyl (C=O) groups is 1. The minimum atomic E-state index is -4.13. The normalized spacial score (nSPS) is 13.4. The predicted octanol–water partition coefficient (Wildman–Crippen LogP) is 14.6. The summed E-state index contributed by atoms with van der Waals surface area (Å²) in [7, 11) is -6.47. The topological polar surface area (TPSA) is 131 Å². The van der Waals surface area contributed by atoms with Gasteiger partial charge in [0.2, 0.25) is 5.91 Å². The SMILES string of the molecule is CCCCCCCCCCCCC/C=C/[C@@H](O[Si](C)(C)C(C)(C)C)[C@H](COP(=O)(OCCC#N)OCCC#N)NC(=O)CCCCCCCCCCCCCCC. The summed E-state index contributed by atoms with van der Waals surface area (Å²) in [6.07, 6.45) is 35.2. The number of amides is 1. The highest BCUT2D eigenvalue weighted by Crippen LogP contribution is 2.50. The molecule has 57 heavy (non-hydrogen) atoms. The van der Waals surface area contributed by atoms with Gasteiger partial charge in [0.05, 0.1) is 56.9 Å². The number of nitrogens with one attached hydrogen (secondary N) is 1. The zero-order valence-electron chi connectivity index (χ0n) is 38.0. The van der Waals surface area contributed by atoms with Gasteiger partial charge in [-0.15, -0.1) is 0 Å². The summed E-state index contributed by atoms with van der Waals surface area (Å²) in [4.78, 5) is 13.5. The van der Waals surface area contributed by atoms with E-state index in [9.17, 15) is 9.36 Å². The molecule has 1 N–H and O–H groups in total. The van der Waals surface area contributed by atoms with Gasteiger partial charge in [-0.2, -0.15) is 10.5 Å². The van der Waals surface area contributed by atoms with Crippen molar-refractivity contribution in [1.82, 2.24) is 5.32 Å². The third kappa shape index (κ3) is 32.0. The van der Waals surface area contributed by atoms with E-state index in [0.717, 1.165) is 32.1 Å². The Hall–Kier alpha value is -1.52. The number of unbranched alkanes of at least 4 members (excludes halogenated alkanes) is 23. The van der Waals surface area contributed by atoms with E-state index in [2.05, 4.69) is 59.1 Å². The van der Waals surface area contributed by atoms with E-state index in [1.807, 2.05) is 18.2 Å². The first-order valence-electron chi connectivity index (χ1n) is 23.3. The molecule has 2 atom stereocenters. The summed E-state index contributed by atoms with van der Waals surface area (Å²) in [5, 5.41) is 21.2. The third-order valence-electron chi connectivity index (χ3n) is 11.1. The van der Waals surface area contributed by atoms with Gasteiger partial charge in [0.1, 0.15) is 0 Å². The van der Waals surface area contributed by atoms with Gasteiger partial charge in [-0.1, -0.05) is 188 Å². The van der Waals surface area contributed by atoms with Crippen LogP contribution in [0.5, 0.6) is 0 Å². The minimum Gasteiger partial charge on any atom is -0.408 e. The van der Waals surface area contributed by atoms with Crippen molar-refractivity contribution in [2.75, 3.05) is 19.8 Å². The summed E-state index contributed by atoms with van der Waals surface area (Å²) in [6.45, 7) is 15.0. The average Bonchev–Trinajstić information content (AvgIpc) is 3.16. The largest absolute Gasteiger partial charge is 0.474 e. The van der Waals surface area contributed by atoms with E-state index in [4.69, 9.17) is 28.5 Å². The lowest BCUT2D eigenvalue weighted by Gasteiger charge is -2.40. The molecule has 0 aromatic carbocycles. The summed E-state index contributed by atoms with van der Waals surface area (Å²) >= 11 is 0. The highest BCUT2D eigenvalue weighted by atomic mass is 31.2. The molecule has 0 heterocycles. The Morgan fingerprint density at radius 1 is 0.667 bits per heavy atom. The molecule has 0 unspecified atom stereocenters. The molecule has 0 fully saturated rings. The second kappa shape index (κ2) is 36.3. The first kappa shape index (κ1) is 55.5. The molecule has 0 radical (unpaired) electrons. The Kier molecular flexibility index (Phi) is 35.4. The van der Waals surface area contributed by atoms with E-state index in [-0.39, 0.29) is 43.6 Å². The van der Waals surface area contributed by atoms with Crippen molar-refractivity contribution in [3.63, 3.8) is 0 Å². The van der Waals surface area contributed by atoms with Crippen LogP contribution in [-0.2, 0) is 27.4 Å². The molecule has 0 bridgehead atoms. The molecule has 0 rings (SSSR count). The number of hydrogen-bond acceptors (Lipinski definition) is 8. The van der Waals surface area contributed by atoms with E-state index in [1.54, 1.807) is 0 Å². The van der Waals surface area contributed by atoms with Gasteiger partial charge in [0.25, 0.3) is 0 Å². The van der Waals surface area contributed by atoms with Crippen molar-refractivity contribution in [1.29, 1.82) is 10.5 Å². The second-order valence-electron chi connectivity index (χ2n) is 17.5. The van der Waals surface area contributed by atoms with Crippen LogP contribution in [-0.4, -0.2) is 46.2 Å². The van der Waals surface area contributed by atoms with E-state index >= 15 is 0 Å². The molecule has 0 aliphatic carbocycles. The molecule has 0 aliphatic rings. The summed E-state index contributed by atoms with van der Waals surface area (Å²) < 4.78 is 37.4. The molecule has 0 saturated heterocycles. The van der Waals surface area contributed by atoms with Crippen molar-refractivity contribution in [2.24, 2.45) is 0 Å². The molecule has 0 aromatic heterocycles. The monoisotopic (exact) mass is 838 g/mol. The third-order valence-corrected chi connectivity index (χ3v) is 17.1. The average molecular weight is 838 g/mol. The van der Waals surface area contributed by atoms with Crippen LogP contribution in [0, 0.1) is 22.7 Å². The van der Waals surface area contributed by atoms with Crippen molar-refractivity contribution in [2.45, 2.75) is 245 Å². The summed E-state index contributed by atoms with van der Waals surface area (Å²) in [5.41, 5.74) is 0. The zero-order valence-corrected chi connectivity index (χ0v) is 39.9. The number of phosphoric acid groups is 1. The number of hydrogen-bond donors (Lipinski definition) is 1. The summed E-state index contributed by atoms with van der Waals surface area (Å²) in [6, 6.07) is 3.29. The number of phosphoric ester groups is 1. The van der Waals surface area contributed by atoms with Crippen LogP contribution in [0.2, 0.25) is 18.1 Å². The van der Waals surface area contributed by atoms with Crippen LogP contribution in [0.3, 0.4) is 0 Å². The Balaban J connectivity index is 5.57. The Labute approximate surface area is 352 Å². The maximum absolute atomic E-state index is 13.7. The molecular formula is C46H88N3O6PSi. The second-order valence-corrected chi connectivity index (χ2v) is 23.9. The van der Waals surface area contributed by atoms with Gasteiger partial charge in [-0.05, 0) is 37.4 Å². The maximum atomic E-state index is 13.7. The molecular weight excluding hydrogens is 750 g/mol. The van der Waals surface area contributed by atoms with Crippen LogP contribution < -0.4 is 5.32 Å². The van der Waals surface area contributed by atoms with Crippen molar-refractivity contribution in [3.05, 3.63) is 12.2 Å². The Bertz CT molecular complexity index is 1110. The molecule has 11 heteroatoms. The Morgan fingerprint density at radius 3 is 1.47 bits per heavy atom. The fraction of sp³-hybridized carbons (Fsp3) is 0.891. The molecule has 332 valence electrons. The van der Waals surface area contributed by atoms with Gasteiger partial charge >= 0.3 is 7.82 Å². The maximum Gasteiger partial charge on any atom is 0.474 e. The highest BCUT2D eigenvalue weighted by molar-refractivity contribution is 7.48. The number of rotatable bonds is 40. The standard InChI is InChI=1S/C46H88N3O6PSi/c1-8-10-12-14-16-18-20-22-24-26-28-30-32-36-44(55-57(6,7)46(3,4)5)43(42-54-56(51,52-40-34-38-47)53-41-35-39-48)49-45(50)37-33-31-29-27-25-23-21-19-17-15-13-11-9-2/h32,36,43-44H,8-31,33-35,37,40-42H2,1-7H3,(H,49,50)/b36-32+/t43-,44+/m0/s1. The number of nitriles is 2. The summed E-state index contributed by atoms with van der Waals surface area (Å²) in [5.74, 6) is -0.0973. The van der Waals surface area contributed by atoms with Crippen molar-refractivity contribution >= 4 is 22.0 Å². The first-order chi connectivity index (χ1) is 27.4. The van der Waals surface area contributed by atoms with Crippen LogP contribution >= 0.6 is 7.82 Å². The Morgan fingerprint density at radius 2 is 1.07 bits per heavy atom. The molecule has 1 amide bonds. The van der Waals surface area contributed by atoms with Gasteiger partial charge in [-0.25, -0.2) is 4.57 Å². The predicted molar refractivity (Wildman–Crippen MR) is 240 cm³/mol. The van der Waals surface area contributed by atoms with Crippen molar-refractivity contribution < 1.29 is 27.4 Å². The van der Waals surface area contributed by atoms with Gasteiger partial charge < -0.3 is 9.74 Å². The van der Waals surface area contributed by atoms with Crippen LogP contribution in [0.1, 0.15) is 214 Å².